The summed E-state index contributed by atoms with van der Waals surface area (Å²) in [5.74, 6) is 0.843. The second-order valence-electron chi connectivity index (χ2n) is 4.35. The summed E-state index contributed by atoms with van der Waals surface area (Å²) in [6, 6.07) is 2.17. The molecule has 1 aliphatic rings. The predicted molar refractivity (Wildman–Crippen MR) is 73.4 cm³/mol. The lowest BCUT2D eigenvalue weighted by molar-refractivity contribution is -0.140. The van der Waals surface area contributed by atoms with E-state index in [1.54, 1.807) is 0 Å². The number of nitrogens with zero attached hydrogens (tertiary/aromatic N) is 1. The molecule has 100 valence electrons. The molecule has 0 saturated heterocycles. The molecule has 5 heteroatoms. The Balaban J connectivity index is 0.00000162. The van der Waals surface area contributed by atoms with Crippen molar-refractivity contribution in [2.45, 2.75) is 32.6 Å². The van der Waals surface area contributed by atoms with Gasteiger partial charge in [-0.1, -0.05) is 6.07 Å². The lowest BCUT2D eigenvalue weighted by Gasteiger charge is -2.19. The number of ether oxygens (including phenoxy) is 1. The van der Waals surface area contributed by atoms with Crippen LogP contribution in [0.25, 0.3) is 0 Å². The second-order valence-corrected chi connectivity index (χ2v) is 4.35. The number of hydrogen-bond donors (Lipinski definition) is 1. The highest BCUT2D eigenvalue weighted by Crippen LogP contribution is 2.23. The Morgan fingerprint density at radius 1 is 1.56 bits per heavy atom. The monoisotopic (exact) mass is 270 g/mol. The number of anilines is 1. The summed E-state index contributed by atoms with van der Waals surface area (Å²) in [5, 5.41) is 3.30. The van der Waals surface area contributed by atoms with E-state index < -0.39 is 0 Å². The molecule has 0 unspecified atom stereocenters. The number of rotatable bonds is 3. The van der Waals surface area contributed by atoms with Crippen LogP contribution in [0.4, 0.5) is 5.82 Å². The van der Waals surface area contributed by atoms with Crippen LogP contribution in [-0.2, 0) is 22.4 Å². The number of esters is 1. The molecule has 1 N–H and O–H groups in total. The van der Waals surface area contributed by atoms with Gasteiger partial charge in [-0.2, -0.15) is 0 Å². The molecular weight excluding hydrogens is 252 g/mol. The molecule has 0 atom stereocenters. The second kappa shape index (κ2) is 6.59. The van der Waals surface area contributed by atoms with E-state index >= 15 is 0 Å². The average molecular weight is 271 g/mol. The highest BCUT2D eigenvalue weighted by molar-refractivity contribution is 5.85. The van der Waals surface area contributed by atoms with Crippen LogP contribution in [0.2, 0.25) is 0 Å². The minimum absolute atomic E-state index is 0. The fraction of sp³-hybridized carbons (Fsp3) is 0.538. The lowest BCUT2D eigenvalue weighted by atomic mass is 10.0. The number of carbonyl (C=O) groups excluding carboxylic acids is 1. The SMILES string of the molecule is COC(=O)CCc1cc2c(nc1C)NCCC2.Cl. The quantitative estimate of drug-likeness (QED) is 0.856. The van der Waals surface area contributed by atoms with E-state index in [0.717, 1.165) is 36.5 Å². The van der Waals surface area contributed by atoms with Crippen molar-refractivity contribution in [3.05, 3.63) is 22.9 Å². The number of nitrogens with one attached hydrogen (secondary N) is 1. The Labute approximate surface area is 114 Å². The van der Waals surface area contributed by atoms with Crippen molar-refractivity contribution in [1.29, 1.82) is 0 Å². The van der Waals surface area contributed by atoms with Crippen molar-refractivity contribution < 1.29 is 9.53 Å². The molecule has 0 spiro atoms. The summed E-state index contributed by atoms with van der Waals surface area (Å²) in [7, 11) is 1.42. The van der Waals surface area contributed by atoms with Gasteiger partial charge in [-0.15, -0.1) is 12.4 Å². The highest BCUT2D eigenvalue weighted by Gasteiger charge is 2.13. The fourth-order valence-electron chi connectivity index (χ4n) is 2.12. The van der Waals surface area contributed by atoms with Gasteiger partial charge in [0.05, 0.1) is 7.11 Å². The Morgan fingerprint density at radius 3 is 3.06 bits per heavy atom. The van der Waals surface area contributed by atoms with E-state index in [4.69, 9.17) is 0 Å². The summed E-state index contributed by atoms with van der Waals surface area (Å²) in [4.78, 5) is 15.7. The average Bonchev–Trinajstić information content (AvgIpc) is 2.35. The first-order valence-electron chi connectivity index (χ1n) is 6.01. The first kappa shape index (κ1) is 14.8. The molecule has 0 saturated carbocycles. The summed E-state index contributed by atoms with van der Waals surface area (Å²) in [5.41, 5.74) is 3.42. The molecule has 1 aromatic rings. The van der Waals surface area contributed by atoms with Crippen molar-refractivity contribution in [1.82, 2.24) is 4.98 Å². The van der Waals surface area contributed by atoms with Gasteiger partial charge in [-0.05, 0) is 37.3 Å². The molecular formula is C13H19ClN2O2. The standard InChI is InChI=1S/C13H18N2O2.ClH/c1-9-10(5-6-12(16)17-2)8-11-4-3-7-14-13(11)15-9;/h8H,3-7H2,1-2H3,(H,14,15);1H. The summed E-state index contributed by atoms with van der Waals surface area (Å²) >= 11 is 0. The van der Waals surface area contributed by atoms with Gasteiger partial charge in [-0.3, -0.25) is 4.79 Å². The number of fused-ring (bicyclic) bond motifs is 1. The van der Waals surface area contributed by atoms with Gasteiger partial charge in [0, 0.05) is 18.7 Å². The summed E-state index contributed by atoms with van der Waals surface area (Å²) in [6.45, 7) is 2.99. The van der Waals surface area contributed by atoms with E-state index in [-0.39, 0.29) is 18.4 Å². The first-order chi connectivity index (χ1) is 8.20. The van der Waals surface area contributed by atoms with Gasteiger partial charge in [0.2, 0.25) is 0 Å². The van der Waals surface area contributed by atoms with Crippen molar-refractivity contribution >= 4 is 24.2 Å². The maximum Gasteiger partial charge on any atom is 0.305 e. The third kappa shape index (κ3) is 3.35. The first-order valence-corrected chi connectivity index (χ1v) is 6.01. The van der Waals surface area contributed by atoms with E-state index in [1.807, 2.05) is 6.92 Å². The largest absolute Gasteiger partial charge is 0.469 e. The van der Waals surface area contributed by atoms with Gasteiger partial charge in [-0.25, -0.2) is 4.98 Å². The number of halogens is 1. The molecule has 0 amide bonds. The maximum absolute atomic E-state index is 11.1. The van der Waals surface area contributed by atoms with Gasteiger partial charge < -0.3 is 10.1 Å². The molecule has 18 heavy (non-hydrogen) atoms. The van der Waals surface area contributed by atoms with E-state index in [1.165, 1.54) is 12.7 Å². The molecule has 0 fully saturated rings. The fourth-order valence-corrected chi connectivity index (χ4v) is 2.12. The summed E-state index contributed by atoms with van der Waals surface area (Å²) < 4.78 is 4.65. The van der Waals surface area contributed by atoms with Crippen LogP contribution in [0.1, 0.15) is 29.7 Å². The van der Waals surface area contributed by atoms with Gasteiger partial charge >= 0.3 is 5.97 Å². The summed E-state index contributed by atoms with van der Waals surface area (Å²) in [6.07, 6.45) is 3.35. The Bertz CT molecular complexity index is 435. The minimum atomic E-state index is -0.166. The number of aryl methyl sites for hydroxylation is 3. The molecule has 2 heterocycles. The zero-order valence-corrected chi connectivity index (χ0v) is 11.6. The lowest BCUT2D eigenvalue weighted by Crippen LogP contribution is -2.15. The minimum Gasteiger partial charge on any atom is -0.469 e. The molecule has 2 rings (SSSR count). The normalized spacial score (nSPS) is 13.0. The molecule has 0 aromatic carbocycles. The number of methoxy groups -OCH3 is 1. The van der Waals surface area contributed by atoms with Crippen LogP contribution < -0.4 is 5.32 Å². The third-order valence-corrected chi connectivity index (χ3v) is 3.14. The molecule has 4 nitrogen and oxygen atoms in total. The van der Waals surface area contributed by atoms with Crippen molar-refractivity contribution in [2.24, 2.45) is 0 Å². The van der Waals surface area contributed by atoms with Crippen molar-refractivity contribution in [3.63, 3.8) is 0 Å². The number of pyridine rings is 1. The molecule has 0 aliphatic carbocycles. The van der Waals surface area contributed by atoms with E-state index in [0.29, 0.717) is 12.8 Å². The molecule has 1 aromatic heterocycles. The van der Waals surface area contributed by atoms with Crippen LogP contribution in [0.3, 0.4) is 0 Å². The Hall–Kier alpha value is -1.29. The number of carbonyl (C=O) groups is 1. The molecule has 0 radical (unpaired) electrons. The number of aromatic nitrogens is 1. The van der Waals surface area contributed by atoms with E-state index in [9.17, 15) is 4.79 Å². The zero-order chi connectivity index (χ0) is 12.3. The van der Waals surface area contributed by atoms with Crippen LogP contribution in [-0.4, -0.2) is 24.6 Å². The van der Waals surface area contributed by atoms with Crippen molar-refractivity contribution in [3.8, 4) is 0 Å². The van der Waals surface area contributed by atoms with Crippen molar-refractivity contribution in [2.75, 3.05) is 19.0 Å². The predicted octanol–water partition coefficient (Wildman–Crippen LogP) is 2.28. The van der Waals surface area contributed by atoms with Crippen LogP contribution in [0.15, 0.2) is 6.07 Å². The van der Waals surface area contributed by atoms with Gasteiger partial charge in [0.25, 0.3) is 0 Å². The zero-order valence-electron chi connectivity index (χ0n) is 10.8. The van der Waals surface area contributed by atoms with Crippen LogP contribution in [0, 0.1) is 6.92 Å². The maximum atomic E-state index is 11.1. The topological polar surface area (TPSA) is 51.2 Å². The Morgan fingerprint density at radius 2 is 2.33 bits per heavy atom. The number of hydrogen-bond acceptors (Lipinski definition) is 4. The third-order valence-electron chi connectivity index (χ3n) is 3.14. The molecule has 0 bridgehead atoms. The van der Waals surface area contributed by atoms with Gasteiger partial charge in [0.1, 0.15) is 5.82 Å². The van der Waals surface area contributed by atoms with Crippen LogP contribution >= 0.6 is 12.4 Å². The van der Waals surface area contributed by atoms with E-state index in [2.05, 4.69) is 21.1 Å². The van der Waals surface area contributed by atoms with Crippen LogP contribution in [0.5, 0.6) is 0 Å². The highest BCUT2D eigenvalue weighted by atomic mass is 35.5. The van der Waals surface area contributed by atoms with Gasteiger partial charge in [0.15, 0.2) is 0 Å². The molecule has 1 aliphatic heterocycles. The Kier molecular flexibility index (Phi) is 5.41. The smallest absolute Gasteiger partial charge is 0.305 e.